The molecule has 4 heteroatoms. The van der Waals surface area contributed by atoms with E-state index in [0.717, 1.165) is 28.8 Å². The predicted octanol–water partition coefficient (Wildman–Crippen LogP) is 3.24. The van der Waals surface area contributed by atoms with Gasteiger partial charge >= 0.3 is 0 Å². The van der Waals surface area contributed by atoms with Crippen molar-refractivity contribution in [3.05, 3.63) is 22.8 Å². The average Bonchev–Trinajstić information content (AvgIpc) is 2.24. The number of thioether (sulfide) groups is 1. The first-order valence-corrected chi connectivity index (χ1v) is 6.90. The smallest absolute Gasteiger partial charge is 0.111 e. The van der Waals surface area contributed by atoms with E-state index in [1.807, 2.05) is 12.1 Å². The standard InChI is InChI=1S/C11H14BrNOS/c12-8-4-3-7-13-11(8)15-10-6-2-1-5-9(10)14/h3-4,7,9-10,14H,1-2,5-6H2/t9-,10-/m1/s1. The van der Waals surface area contributed by atoms with Gasteiger partial charge in [0.1, 0.15) is 5.03 Å². The van der Waals surface area contributed by atoms with E-state index in [1.54, 1.807) is 18.0 Å². The average molecular weight is 288 g/mol. The van der Waals surface area contributed by atoms with Crippen molar-refractivity contribution in [1.82, 2.24) is 4.98 Å². The lowest BCUT2D eigenvalue weighted by atomic mass is 9.97. The van der Waals surface area contributed by atoms with E-state index in [4.69, 9.17) is 0 Å². The van der Waals surface area contributed by atoms with Crippen molar-refractivity contribution >= 4 is 27.7 Å². The molecule has 0 saturated heterocycles. The zero-order valence-electron chi connectivity index (χ0n) is 8.40. The minimum absolute atomic E-state index is 0.169. The van der Waals surface area contributed by atoms with Crippen LogP contribution in [0.5, 0.6) is 0 Å². The third-order valence-electron chi connectivity index (χ3n) is 2.66. The van der Waals surface area contributed by atoms with Crippen LogP contribution in [0.4, 0.5) is 0 Å². The van der Waals surface area contributed by atoms with Gasteiger partial charge in [0.05, 0.1) is 6.10 Å². The molecule has 1 aromatic rings. The number of hydrogen-bond acceptors (Lipinski definition) is 3. The van der Waals surface area contributed by atoms with Crippen molar-refractivity contribution in [3.8, 4) is 0 Å². The zero-order valence-corrected chi connectivity index (χ0v) is 10.8. The predicted molar refractivity (Wildman–Crippen MR) is 66.1 cm³/mol. The second kappa shape index (κ2) is 5.32. The molecule has 2 atom stereocenters. The Morgan fingerprint density at radius 3 is 2.93 bits per heavy atom. The van der Waals surface area contributed by atoms with E-state index in [9.17, 15) is 5.11 Å². The van der Waals surface area contributed by atoms with Crippen molar-refractivity contribution in [1.29, 1.82) is 0 Å². The molecular weight excluding hydrogens is 274 g/mol. The summed E-state index contributed by atoms with van der Waals surface area (Å²) in [5.41, 5.74) is 0. The van der Waals surface area contributed by atoms with Crippen LogP contribution >= 0.6 is 27.7 Å². The highest BCUT2D eigenvalue weighted by molar-refractivity contribution is 9.10. The minimum atomic E-state index is -0.169. The molecule has 1 saturated carbocycles. The second-order valence-corrected chi connectivity index (χ2v) is 5.88. The Morgan fingerprint density at radius 1 is 1.40 bits per heavy atom. The van der Waals surface area contributed by atoms with Crippen molar-refractivity contribution < 1.29 is 5.11 Å². The van der Waals surface area contributed by atoms with Gasteiger partial charge in [-0.25, -0.2) is 4.98 Å². The van der Waals surface area contributed by atoms with Crippen molar-refractivity contribution in [2.75, 3.05) is 0 Å². The maximum atomic E-state index is 9.86. The van der Waals surface area contributed by atoms with Gasteiger partial charge in [-0.1, -0.05) is 24.6 Å². The van der Waals surface area contributed by atoms with Crippen LogP contribution in [0.1, 0.15) is 25.7 Å². The number of rotatable bonds is 2. The van der Waals surface area contributed by atoms with Crippen LogP contribution in [0, 0.1) is 0 Å². The maximum absolute atomic E-state index is 9.86. The summed E-state index contributed by atoms with van der Waals surface area (Å²) in [5, 5.41) is 11.2. The summed E-state index contributed by atoms with van der Waals surface area (Å²) >= 11 is 5.17. The number of nitrogens with zero attached hydrogens (tertiary/aromatic N) is 1. The quantitative estimate of drug-likeness (QED) is 0.907. The molecule has 2 nitrogen and oxygen atoms in total. The molecule has 0 radical (unpaired) electrons. The summed E-state index contributed by atoms with van der Waals surface area (Å²) in [7, 11) is 0. The molecule has 0 unspecified atom stereocenters. The molecule has 82 valence electrons. The fraction of sp³-hybridized carbons (Fsp3) is 0.545. The summed E-state index contributed by atoms with van der Waals surface area (Å²) in [5.74, 6) is 0. The molecule has 0 amide bonds. The maximum Gasteiger partial charge on any atom is 0.111 e. The van der Waals surface area contributed by atoms with Crippen LogP contribution in [0.15, 0.2) is 27.8 Å². The van der Waals surface area contributed by atoms with Crippen LogP contribution < -0.4 is 0 Å². The van der Waals surface area contributed by atoms with Crippen molar-refractivity contribution in [3.63, 3.8) is 0 Å². The third kappa shape index (κ3) is 2.95. The molecule has 1 heterocycles. The van der Waals surface area contributed by atoms with Crippen LogP contribution in [-0.2, 0) is 0 Å². The van der Waals surface area contributed by atoms with Crippen LogP contribution in [0.25, 0.3) is 0 Å². The van der Waals surface area contributed by atoms with E-state index in [1.165, 1.54) is 6.42 Å². The van der Waals surface area contributed by atoms with Crippen LogP contribution in [-0.4, -0.2) is 21.4 Å². The summed E-state index contributed by atoms with van der Waals surface area (Å²) in [6.07, 6.45) is 6.03. The Bertz CT molecular complexity index is 334. The van der Waals surface area contributed by atoms with E-state index < -0.39 is 0 Å². The summed E-state index contributed by atoms with van der Waals surface area (Å²) in [6.45, 7) is 0. The van der Waals surface area contributed by atoms with Gasteiger partial charge in [0.2, 0.25) is 0 Å². The SMILES string of the molecule is O[C@@H]1CCCC[C@H]1Sc1ncccc1Br. The van der Waals surface area contributed by atoms with Gasteiger partial charge in [0.25, 0.3) is 0 Å². The first kappa shape index (κ1) is 11.4. The van der Waals surface area contributed by atoms with Crippen molar-refractivity contribution in [2.45, 2.75) is 42.1 Å². The van der Waals surface area contributed by atoms with Crippen LogP contribution in [0.3, 0.4) is 0 Å². The second-order valence-electron chi connectivity index (χ2n) is 3.80. The first-order valence-electron chi connectivity index (χ1n) is 5.22. The Hall–Kier alpha value is -0.0600. The zero-order chi connectivity index (χ0) is 10.7. The van der Waals surface area contributed by atoms with Gasteiger partial charge in [-0.3, -0.25) is 0 Å². The molecule has 0 spiro atoms. The molecule has 0 bridgehead atoms. The Kier molecular flexibility index (Phi) is 4.05. The van der Waals surface area contributed by atoms with Crippen LogP contribution in [0.2, 0.25) is 0 Å². The van der Waals surface area contributed by atoms with E-state index >= 15 is 0 Å². The summed E-state index contributed by atoms with van der Waals surface area (Å²) in [4.78, 5) is 4.31. The number of aromatic nitrogens is 1. The summed E-state index contributed by atoms with van der Waals surface area (Å²) < 4.78 is 1.02. The highest BCUT2D eigenvalue weighted by Gasteiger charge is 2.24. The fourth-order valence-corrected chi connectivity index (χ4v) is 3.52. The lowest BCUT2D eigenvalue weighted by Crippen LogP contribution is -2.26. The molecule has 1 N–H and O–H groups in total. The first-order chi connectivity index (χ1) is 7.27. The minimum Gasteiger partial charge on any atom is -0.392 e. The highest BCUT2D eigenvalue weighted by atomic mass is 79.9. The lowest BCUT2D eigenvalue weighted by molar-refractivity contribution is 0.137. The van der Waals surface area contributed by atoms with Gasteiger partial charge in [0.15, 0.2) is 0 Å². The Labute approximate surface area is 103 Å². The van der Waals surface area contributed by atoms with Gasteiger partial charge in [-0.2, -0.15) is 0 Å². The van der Waals surface area contributed by atoms with Gasteiger partial charge < -0.3 is 5.11 Å². The topological polar surface area (TPSA) is 33.1 Å². The highest BCUT2D eigenvalue weighted by Crippen LogP contribution is 2.35. The number of pyridine rings is 1. The van der Waals surface area contributed by atoms with Crippen molar-refractivity contribution in [2.24, 2.45) is 0 Å². The van der Waals surface area contributed by atoms with Gasteiger partial charge in [0, 0.05) is 15.9 Å². The monoisotopic (exact) mass is 287 g/mol. The van der Waals surface area contributed by atoms with Gasteiger partial charge in [-0.15, -0.1) is 0 Å². The van der Waals surface area contributed by atoms with E-state index in [2.05, 4.69) is 20.9 Å². The molecular formula is C11H14BrNOS. The number of hydrogen-bond donors (Lipinski definition) is 1. The van der Waals surface area contributed by atoms with Gasteiger partial charge in [-0.05, 0) is 40.9 Å². The largest absolute Gasteiger partial charge is 0.392 e. The van der Waals surface area contributed by atoms with E-state index in [-0.39, 0.29) is 6.10 Å². The molecule has 1 aliphatic rings. The molecule has 1 aliphatic carbocycles. The summed E-state index contributed by atoms with van der Waals surface area (Å²) in [6, 6.07) is 3.90. The molecule has 1 aromatic heterocycles. The molecule has 0 aliphatic heterocycles. The Balaban J connectivity index is 2.04. The number of aliphatic hydroxyl groups excluding tert-OH is 1. The number of halogens is 1. The molecule has 1 fully saturated rings. The molecule has 2 rings (SSSR count). The molecule has 0 aromatic carbocycles. The normalized spacial score (nSPS) is 26.5. The lowest BCUT2D eigenvalue weighted by Gasteiger charge is -2.26. The molecule has 15 heavy (non-hydrogen) atoms. The number of aliphatic hydroxyl groups is 1. The fourth-order valence-electron chi connectivity index (χ4n) is 1.82. The Morgan fingerprint density at radius 2 is 2.20 bits per heavy atom. The van der Waals surface area contributed by atoms with E-state index in [0.29, 0.717) is 5.25 Å². The third-order valence-corrected chi connectivity index (χ3v) is 4.96.